The molecule has 0 aliphatic carbocycles. The average molecular weight is 695 g/mol. The molecule has 4 nitrogen and oxygen atoms in total. The summed E-state index contributed by atoms with van der Waals surface area (Å²) in [6.07, 6.45) is 0. The predicted octanol–water partition coefficient (Wildman–Crippen LogP) is 11.0. The summed E-state index contributed by atoms with van der Waals surface area (Å²) in [4.78, 5) is 2.40. The molecule has 6 aromatic carbocycles. The molecule has 0 bridgehead atoms. The van der Waals surface area contributed by atoms with E-state index in [4.69, 9.17) is 9.47 Å². The van der Waals surface area contributed by atoms with Gasteiger partial charge in [0.2, 0.25) is 0 Å². The highest BCUT2D eigenvalue weighted by atomic mass is 32.1. The van der Waals surface area contributed by atoms with Crippen LogP contribution >= 0.6 is 11.3 Å². The lowest BCUT2D eigenvalue weighted by atomic mass is 9.37. The van der Waals surface area contributed by atoms with Crippen LogP contribution < -0.4 is 30.1 Å². The van der Waals surface area contributed by atoms with Gasteiger partial charge in [-0.15, -0.1) is 11.3 Å². The van der Waals surface area contributed by atoms with Crippen molar-refractivity contribution in [1.82, 2.24) is 4.57 Å². The molecule has 0 atom stereocenters. The van der Waals surface area contributed by atoms with Crippen molar-refractivity contribution in [2.24, 2.45) is 7.05 Å². The Labute approximate surface area is 308 Å². The van der Waals surface area contributed by atoms with E-state index in [0.29, 0.717) is 0 Å². The van der Waals surface area contributed by atoms with Gasteiger partial charge in [-0.25, -0.2) is 0 Å². The maximum absolute atomic E-state index is 7.10. The van der Waals surface area contributed by atoms with Crippen molar-refractivity contribution in [3.05, 3.63) is 131 Å². The van der Waals surface area contributed by atoms with Crippen LogP contribution in [0.5, 0.6) is 23.0 Å². The maximum Gasteiger partial charge on any atom is 0.275 e. The molecular weight excluding hydrogens is 655 g/mol. The Morgan fingerprint density at radius 3 is 1.96 bits per heavy atom. The molecule has 2 aromatic heterocycles. The number of hydrogen-bond donors (Lipinski definition) is 0. The van der Waals surface area contributed by atoms with Crippen LogP contribution in [0, 0.1) is 20.8 Å². The second kappa shape index (κ2) is 11.0. The zero-order chi connectivity index (χ0) is 35.6. The minimum absolute atomic E-state index is 0.0249. The predicted molar refractivity (Wildman–Crippen MR) is 221 cm³/mol. The summed E-state index contributed by atoms with van der Waals surface area (Å²) in [5, 5.41) is 3.61. The van der Waals surface area contributed by atoms with Gasteiger partial charge in [0.1, 0.15) is 23.0 Å². The molecule has 2 aliphatic heterocycles. The van der Waals surface area contributed by atoms with E-state index in [9.17, 15) is 0 Å². The van der Waals surface area contributed by atoms with E-state index in [1.807, 2.05) is 11.3 Å². The van der Waals surface area contributed by atoms with E-state index in [1.54, 1.807) is 0 Å². The Hall–Kier alpha value is -5.46. The van der Waals surface area contributed by atoms with E-state index < -0.39 is 0 Å². The molecule has 10 rings (SSSR count). The number of aryl methyl sites for hydroxylation is 4. The van der Waals surface area contributed by atoms with Crippen LogP contribution in [0.15, 0.2) is 109 Å². The molecular formula is C46H39BN2O2S. The SMILES string of the molecule is Cc1ccc(N(c2ccc(C)cc2)c2cc3c(c4c2c2ccccc2n4C)B2c4sc5ccc(C(C)(C)C)cc5c4Oc4cc(C)cc(c42)O3)cc1. The van der Waals surface area contributed by atoms with Gasteiger partial charge in [0, 0.05) is 66.6 Å². The number of thiophene rings is 1. The fourth-order valence-corrected chi connectivity index (χ4v) is 9.62. The highest BCUT2D eigenvalue weighted by molar-refractivity contribution is 7.33. The van der Waals surface area contributed by atoms with Crippen molar-refractivity contribution in [2.45, 2.75) is 47.0 Å². The van der Waals surface area contributed by atoms with E-state index in [1.165, 1.54) is 58.8 Å². The number of para-hydroxylation sites is 1. The molecule has 0 unspecified atom stereocenters. The second-order valence-corrected chi connectivity index (χ2v) is 16.8. The van der Waals surface area contributed by atoms with Crippen LogP contribution in [0.3, 0.4) is 0 Å². The van der Waals surface area contributed by atoms with Gasteiger partial charge in [0.05, 0.1) is 5.69 Å². The van der Waals surface area contributed by atoms with Crippen LogP contribution in [0.2, 0.25) is 0 Å². The Kier molecular flexibility index (Phi) is 6.63. The molecule has 254 valence electrons. The number of hydrogen-bond acceptors (Lipinski definition) is 4. The molecule has 2 aliphatic rings. The summed E-state index contributed by atoms with van der Waals surface area (Å²) in [5.74, 6) is 3.61. The van der Waals surface area contributed by atoms with Crippen molar-refractivity contribution >= 4 is 82.7 Å². The molecule has 0 radical (unpaired) electrons. The normalized spacial score (nSPS) is 13.2. The van der Waals surface area contributed by atoms with Gasteiger partial charge in [-0.1, -0.05) is 80.4 Å². The van der Waals surface area contributed by atoms with Crippen LogP contribution in [0.25, 0.3) is 31.9 Å². The van der Waals surface area contributed by atoms with Gasteiger partial charge in [0.15, 0.2) is 0 Å². The summed E-state index contributed by atoms with van der Waals surface area (Å²) in [6, 6.07) is 40.1. The molecule has 0 saturated heterocycles. The molecule has 0 saturated carbocycles. The largest absolute Gasteiger partial charge is 0.458 e. The third-order valence-electron chi connectivity index (χ3n) is 11.0. The van der Waals surface area contributed by atoms with E-state index in [0.717, 1.165) is 51.1 Å². The summed E-state index contributed by atoms with van der Waals surface area (Å²) in [6.45, 7) is 13.2. The number of benzene rings is 6. The minimum atomic E-state index is -0.0552. The third kappa shape index (κ3) is 4.53. The number of fused-ring (bicyclic) bond motifs is 10. The van der Waals surface area contributed by atoms with Crippen molar-refractivity contribution in [3.63, 3.8) is 0 Å². The van der Waals surface area contributed by atoms with Crippen LogP contribution in [0.1, 0.15) is 43.0 Å². The summed E-state index contributed by atoms with van der Waals surface area (Å²) >= 11 is 1.85. The monoisotopic (exact) mass is 694 g/mol. The molecule has 8 aromatic rings. The quantitative estimate of drug-likeness (QED) is 0.172. The van der Waals surface area contributed by atoms with E-state index in [-0.39, 0.29) is 12.1 Å². The van der Waals surface area contributed by atoms with Crippen LogP contribution in [-0.2, 0) is 12.5 Å². The molecule has 0 fully saturated rings. The number of rotatable bonds is 3. The van der Waals surface area contributed by atoms with Crippen molar-refractivity contribution in [1.29, 1.82) is 0 Å². The second-order valence-electron chi connectivity index (χ2n) is 15.7. The Morgan fingerprint density at radius 2 is 1.29 bits per heavy atom. The Morgan fingerprint density at radius 1 is 0.654 bits per heavy atom. The molecule has 6 heteroatoms. The third-order valence-corrected chi connectivity index (χ3v) is 12.2. The van der Waals surface area contributed by atoms with Gasteiger partial charge in [0.25, 0.3) is 6.71 Å². The first-order chi connectivity index (χ1) is 25.0. The maximum atomic E-state index is 7.10. The zero-order valence-corrected chi connectivity index (χ0v) is 31.4. The van der Waals surface area contributed by atoms with Gasteiger partial charge in [-0.2, -0.15) is 0 Å². The van der Waals surface area contributed by atoms with Crippen molar-refractivity contribution in [2.75, 3.05) is 4.90 Å². The smallest absolute Gasteiger partial charge is 0.275 e. The first-order valence-electron chi connectivity index (χ1n) is 18.1. The van der Waals surface area contributed by atoms with Crippen LogP contribution in [0.4, 0.5) is 17.1 Å². The fraction of sp³-hybridized carbons (Fsp3) is 0.174. The lowest BCUT2D eigenvalue weighted by Gasteiger charge is -2.34. The Balaban J connectivity index is 1.33. The van der Waals surface area contributed by atoms with Crippen molar-refractivity contribution in [3.8, 4) is 23.0 Å². The van der Waals surface area contributed by atoms with Gasteiger partial charge < -0.3 is 18.9 Å². The summed E-state index contributed by atoms with van der Waals surface area (Å²) in [7, 11) is 2.21. The van der Waals surface area contributed by atoms with E-state index >= 15 is 0 Å². The number of aromatic nitrogens is 1. The van der Waals surface area contributed by atoms with Gasteiger partial charge in [-0.05, 0) is 97.4 Å². The fourth-order valence-electron chi connectivity index (χ4n) is 8.39. The molecule has 0 spiro atoms. The van der Waals surface area contributed by atoms with Crippen molar-refractivity contribution < 1.29 is 9.47 Å². The van der Waals surface area contributed by atoms with Crippen LogP contribution in [-0.4, -0.2) is 11.3 Å². The van der Waals surface area contributed by atoms with Gasteiger partial charge in [-0.3, -0.25) is 0 Å². The first-order valence-corrected chi connectivity index (χ1v) is 18.9. The number of nitrogens with zero attached hydrogens (tertiary/aromatic N) is 2. The highest BCUT2D eigenvalue weighted by Gasteiger charge is 2.45. The standard InChI is InChI=1S/C46H39BN2O2S/c1-26-12-17-30(18-13-26)49(31-19-14-27(2)15-20-31)35-25-38-42(43-40(35)32-10-8-9-11-34(32)48(43)7)47-41-36(50-38)22-28(3)23-37(41)51-44-33-24-29(46(4,5)6)16-21-39(33)52-45(44)47/h8-25H,1-7H3. The van der Waals surface area contributed by atoms with Gasteiger partial charge >= 0.3 is 0 Å². The average Bonchev–Trinajstić information content (AvgIpc) is 3.64. The lowest BCUT2D eigenvalue weighted by molar-refractivity contribution is 0.467. The molecule has 0 N–H and O–H groups in total. The molecule has 52 heavy (non-hydrogen) atoms. The molecule has 0 amide bonds. The lowest BCUT2D eigenvalue weighted by Crippen LogP contribution is -2.57. The summed E-state index contributed by atoms with van der Waals surface area (Å²) < 4.78 is 18.9. The highest BCUT2D eigenvalue weighted by Crippen LogP contribution is 2.48. The zero-order valence-electron chi connectivity index (χ0n) is 30.6. The topological polar surface area (TPSA) is 26.6 Å². The number of ether oxygens (including phenoxy) is 2. The first kappa shape index (κ1) is 31.3. The molecule has 4 heterocycles. The summed E-state index contributed by atoms with van der Waals surface area (Å²) in [5.41, 5.74) is 12.9. The Bertz CT molecular complexity index is 2720. The van der Waals surface area contributed by atoms with E-state index in [2.05, 4.69) is 167 Å². The minimum Gasteiger partial charge on any atom is -0.458 e. The number of anilines is 3.